The number of aromatic nitrogens is 1. The highest BCUT2D eigenvalue weighted by molar-refractivity contribution is 5.92. The monoisotopic (exact) mass is 293 g/mol. The van der Waals surface area contributed by atoms with Gasteiger partial charge in [-0.2, -0.15) is 0 Å². The number of carbonyl (C=O) groups is 1. The van der Waals surface area contributed by atoms with E-state index in [9.17, 15) is 23.5 Å². The molecule has 4 nitrogen and oxygen atoms in total. The van der Waals surface area contributed by atoms with E-state index in [0.29, 0.717) is 12.5 Å². The van der Waals surface area contributed by atoms with Crippen molar-refractivity contribution in [2.75, 3.05) is 0 Å². The fraction of sp³-hybridized carbons (Fsp3) is 0.333. The fourth-order valence-electron chi connectivity index (χ4n) is 2.60. The second kappa shape index (κ2) is 4.65. The average molecular weight is 293 g/mol. The predicted molar refractivity (Wildman–Crippen MR) is 72.5 cm³/mol. The van der Waals surface area contributed by atoms with E-state index < -0.39 is 23.0 Å². The quantitative estimate of drug-likeness (QED) is 0.946. The Morgan fingerprint density at radius 2 is 1.95 bits per heavy atom. The third kappa shape index (κ3) is 2.20. The second-order valence-corrected chi connectivity index (χ2v) is 5.45. The maximum Gasteiger partial charge on any atom is 0.352 e. The molecule has 1 aliphatic rings. The summed E-state index contributed by atoms with van der Waals surface area (Å²) in [6, 6.07) is 1.75. The first kappa shape index (κ1) is 13.7. The van der Waals surface area contributed by atoms with Crippen LogP contribution in [0.5, 0.6) is 0 Å². The lowest BCUT2D eigenvalue weighted by atomic mass is 10.1. The molecule has 1 aliphatic carbocycles. The zero-order valence-electron chi connectivity index (χ0n) is 11.3. The molecule has 0 radical (unpaired) electrons. The number of fused-ring (bicyclic) bond motifs is 1. The van der Waals surface area contributed by atoms with Gasteiger partial charge in [0.25, 0.3) is 0 Å². The Labute approximate surface area is 118 Å². The minimum absolute atomic E-state index is 0.0112. The summed E-state index contributed by atoms with van der Waals surface area (Å²) in [5.41, 5.74) is -0.547. The zero-order valence-corrected chi connectivity index (χ0v) is 11.3. The first-order valence-electron chi connectivity index (χ1n) is 6.65. The molecule has 0 atom stereocenters. The van der Waals surface area contributed by atoms with Crippen LogP contribution in [0.4, 0.5) is 8.78 Å². The van der Waals surface area contributed by atoms with Crippen molar-refractivity contribution in [3.8, 4) is 0 Å². The van der Waals surface area contributed by atoms with Crippen molar-refractivity contribution in [1.29, 1.82) is 0 Å². The fourth-order valence-corrected chi connectivity index (χ4v) is 2.60. The summed E-state index contributed by atoms with van der Waals surface area (Å²) in [5.74, 6) is -3.12. The molecular weight excluding hydrogens is 280 g/mol. The summed E-state index contributed by atoms with van der Waals surface area (Å²) in [5, 5.41) is 9.37. The molecule has 1 heterocycles. The molecule has 2 aromatic rings. The minimum Gasteiger partial charge on any atom is -0.477 e. The van der Waals surface area contributed by atoms with Gasteiger partial charge in [0.2, 0.25) is 0 Å². The Bertz CT molecular complexity index is 822. The Kier molecular flexibility index (Phi) is 3.04. The molecule has 0 saturated heterocycles. The lowest BCUT2D eigenvalue weighted by Crippen LogP contribution is -2.23. The normalized spacial score (nSPS) is 14.6. The summed E-state index contributed by atoms with van der Waals surface area (Å²) in [6.45, 7) is 1.79. The molecule has 0 spiro atoms. The van der Waals surface area contributed by atoms with E-state index >= 15 is 0 Å². The zero-order chi connectivity index (χ0) is 15.3. The molecule has 1 fully saturated rings. The molecule has 3 rings (SSSR count). The highest BCUT2D eigenvalue weighted by Crippen LogP contribution is 2.32. The third-order valence-corrected chi connectivity index (χ3v) is 3.88. The van der Waals surface area contributed by atoms with Crippen LogP contribution < -0.4 is 5.43 Å². The van der Waals surface area contributed by atoms with Crippen LogP contribution in [0.15, 0.2) is 16.9 Å². The smallest absolute Gasteiger partial charge is 0.352 e. The number of carboxylic acid groups (broad SMARTS) is 1. The van der Waals surface area contributed by atoms with E-state index in [1.807, 2.05) is 0 Å². The van der Waals surface area contributed by atoms with Crippen LogP contribution in [0.2, 0.25) is 0 Å². The van der Waals surface area contributed by atoms with Gasteiger partial charge in [-0.05, 0) is 31.7 Å². The van der Waals surface area contributed by atoms with Crippen LogP contribution in [-0.4, -0.2) is 15.6 Å². The minimum atomic E-state index is -1.24. The van der Waals surface area contributed by atoms with Crippen LogP contribution in [0.1, 0.15) is 28.9 Å². The lowest BCUT2D eigenvalue weighted by Gasteiger charge is -2.16. The van der Waals surface area contributed by atoms with Crippen LogP contribution >= 0.6 is 0 Å². The first-order chi connectivity index (χ1) is 9.90. The van der Waals surface area contributed by atoms with Gasteiger partial charge in [0, 0.05) is 23.6 Å². The highest BCUT2D eigenvalue weighted by atomic mass is 19.2. The van der Waals surface area contributed by atoms with Gasteiger partial charge >= 0.3 is 5.97 Å². The lowest BCUT2D eigenvalue weighted by molar-refractivity contribution is 0.0683. The van der Waals surface area contributed by atoms with E-state index in [1.165, 1.54) is 11.5 Å². The maximum absolute atomic E-state index is 13.5. The van der Waals surface area contributed by atoms with Crippen LogP contribution in [-0.2, 0) is 6.54 Å². The van der Waals surface area contributed by atoms with Gasteiger partial charge in [-0.3, -0.25) is 4.79 Å². The number of carboxylic acids is 1. The number of hydrogen-bond acceptors (Lipinski definition) is 2. The van der Waals surface area contributed by atoms with E-state index in [-0.39, 0.29) is 22.2 Å². The number of aromatic carboxylic acids is 1. The van der Waals surface area contributed by atoms with Crippen molar-refractivity contribution in [1.82, 2.24) is 4.57 Å². The van der Waals surface area contributed by atoms with Gasteiger partial charge < -0.3 is 9.67 Å². The molecule has 0 bridgehead atoms. The molecule has 1 N–H and O–H groups in total. The number of benzene rings is 1. The summed E-state index contributed by atoms with van der Waals surface area (Å²) >= 11 is 0. The van der Waals surface area contributed by atoms with Gasteiger partial charge in [-0.15, -0.1) is 0 Å². The number of nitrogens with zero attached hydrogens (tertiary/aromatic N) is 1. The molecule has 110 valence electrons. The summed E-state index contributed by atoms with van der Waals surface area (Å²) in [4.78, 5) is 23.7. The molecule has 1 saturated carbocycles. The van der Waals surface area contributed by atoms with Crippen LogP contribution in [0.25, 0.3) is 10.9 Å². The standard InChI is InChI=1S/C15H13F2NO3/c1-7-13(15(20)21)18(6-8-2-3-8)12-5-11(17)10(16)4-9(12)14(7)19/h4-5,8H,2-3,6H2,1H3,(H,20,21). The molecule has 1 aromatic heterocycles. The number of hydrogen-bond donors (Lipinski definition) is 1. The van der Waals surface area contributed by atoms with Crippen molar-refractivity contribution < 1.29 is 18.7 Å². The SMILES string of the molecule is Cc1c(C(=O)O)n(CC2CC2)c2cc(F)c(F)cc2c1=O. The Morgan fingerprint density at radius 1 is 1.33 bits per heavy atom. The van der Waals surface area contributed by atoms with Crippen LogP contribution in [0.3, 0.4) is 0 Å². The van der Waals surface area contributed by atoms with E-state index in [0.717, 1.165) is 25.0 Å². The third-order valence-electron chi connectivity index (χ3n) is 3.88. The Balaban J connectivity index is 2.43. The van der Waals surface area contributed by atoms with Crippen molar-refractivity contribution in [2.45, 2.75) is 26.3 Å². The topological polar surface area (TPSA) is 59.3 Å². The number of halogens is 2. The molecule has 0 unspecified atom stereocenters. The summed E-state index contributed by atoms with van der Waals surface area (Å²) in [7, 11) is 0. The average Bonchev–Trinajstić information content (AvgIpc) is 3.22. The van der Waals surface area contributed by atoms with Crippen molar-refractivity contribution in [2.24, 2.45) is 5.92 Å². The summed E-state index contributed by atoms with van der Waals surface area (Å²) < 4.78 is 28.3. The van der Waals surface area contributed by atoms with Crippen molar-refractivity contribution in [3.63, 3.8) is 0 Å². The molecule has 1 aromatic carbocycles. The predicted octanol–water partition coefficient (Wildman–Crippen LogP) is 2.70. The Hall–Kier alpha value is -2.24. The Morgan fingerprint density at radius 3 is 2.52 bits per heavy atom. The van der Waals surface area contributed by atoms with E-state index in [4.69, 9.17) is 0 Å². The second-order valence-electron chi connectivity index (χ2n) is 5.45. The molecular formula is C15H13F2NO3. The molecule has 21 heavy (non-hydrogen) atoms. The van der Waals surface area contributed by atoms with Gasteiger partial charge in [0.1, 0.15) is 5.69 Å². The van der Waals surface area contributed by atoms with E-state index in [1.54, 1.807) is 0 Å². The van der Waals surface area contributed by atoms with Gasteiger partial charge in [0.15, 0.2) is 17.1 Å². The van der Waals surface area contributed by atoms with Crippen molar-refractivity contribution in [3.05, 3.63) is 45.2 Å². The van der Waals surface area contributed by atoms with Gasteiger partial charge in [-0.1, -0.05) is 0 Å². The van der Waals surface area contributed by atoms with Gasteiger partial charge in [0.05, 0.1) is 5.52 Å². The van der Waals surface area contributed by atoms with Gasteiger partial charge in [-0.25, -0.2) is 13.6 Å². The van der Waals surface area contributed by atoms with Crippen LogP contribution in [0, 0.1) is 24.5 Å². The number of rotatable bonds is 3. The first-order valence-corrected chi connectivity index (χ1v) is 6.65. The maximum atomic E-state index is 13.5. The summed E-state index contributed by atoms with van der Waals surface area (Å²) in [6.07, 6.45) is 1.94. The molecule has 0 amide bonds. The largest absolute Gasteiger partial charge is 0.477 e. The number of pyridine rings is 1. The van der Waals surface area contributed by atoms with Crippen molar-refractivity contribution >= 4 is 16.9 Å². The highest BCUT2D eigenvalue weighted by Gasteiger charge is 2.27. The molecule has 6 heteroatoms. The molecule has 0 aliphatic heterocycles. The van der Waals surface area contributed by atoms with E-state index in [2.05, 4.69) is 0 Å².